The standard InChI is InChI=1S/C14H20/c1-4-11-5-6-13-9-12(10(2)3)7-8-14(11)13/h7-11H,4-6H2,1-3H3. The highest BCUT2D eigenvalue weighted by molar-refractivity contribution is 5.39. The molecule has 2 rings (SSSR count). The number of benzene rings is 1. The molecule has 0 saturated carbocycles. The zero-order valence-corrected chi connectivity index (χ0v) is 9.51. The van der Waals surface area contributed by atoms with Gasteiger partial charge in [-0.2, -0.15) is 0 Å². The molecule has 76 valence electrons. The largest absolute Gasteiger partial charge is 0.0648 e. The first-order valence-corrected chi connectivity index (χ1v) is 5.85. The summed E-state index contributed by atoms with van der Waals surface area (Å²) < 4.78 is 0. The molecule has 0 fully saturated rings. The molecule has 1 aromatic carbocycles. The maximum atomic E-state index is 2.43. The fourth-order valence-electron chi connectivity index (χ4n) is 2.51. The molecule has 1 unspecified atom stereocenters. The van der Waals surface area contributed by atoms with E-state index in [0.29, 0.717) is 5.92 Å². The van der Waals surface area contributed by atoms with Crippen LogP contribution in [0.5, 0.6) is 0 Å². The minimum Gasteiger partial charge on any atom is -0.0648 e. The van der Waals surface area contributed by atoms with E-state index >= 15 is 0 Å². The quantitative estimate of drug-likeness (QED) is 0.651. The van der Waals surface area contributed by atoms with Crippen LogP contribution in [0, 0.1) is 0 Å². The van der Waals surface area contributed by atoms with Crippen molar-refractivity contribution >= 4 is 0 Å². The third kappa shape index (κ3) is 1.58. The highest BCUT2D eigenvalue weighted by Crippen LogP contribution is 2.36. The lowest BCUT2D eigenvalue weighted by Gasteiger charge is -2.11. The molecule has 1 aliphatic rings. The van der Waals surface area contributed by atoms with Crippen molar-refractivity contribution in [3.8, 4) is 0 Å². The van der Waals surface area contributed by atoms with Crippen LogP contribution in [0.3, 0.4) is 0 Å². The summed E-state index contributed by atoms with van der Waals surface area (Å²) in [6.45, 7) is 6.85. The van der Waals surface area contributed by atoms with Crippen molar-refractivity contribution in [1.29, 1.82) is 0 Å². The molecule has 1 aromatic rings. The highest BCUT2D eigenvalue weighted by Gasteiger charge is 2.20. The van der Waals surface area contributed by atoms with Gasteiger partial charge in [0, 0.05) is 0 Å². The number of hydrogen-bond acceptors (Lipinski definition) is 0. The third-order valence-electron chi connectivity index (χ3n) is 3.53. The topological polar surface area (TPSA) is 0 Å². The SMILES string of the molecule is CCC1CCc2cc(C(C)C)ccc21. The first-order chi connectivity index (χ1) is 6.72. The second-order valence-corrected chi connectivity index (χ2v) is 4.76. The predicted octanol–water partition coefficient (Wildman–Crippen LogP) is 4.25. The average molecular weight is 188 g/mol. The van der Waals surface area contributed by atoms with Gasteiger partial charge in [-0.25, -0.2) is 0 Å². The maximum absolute atomic E-state index is 2.43. The van der Waals surface area contributed by atoms with E-state index in [0.717, 1.165) is 5.92 Å². The molecule has 1 aliphatic carbocycles. The van der Waals surface area contributed by atoms with Gasteiger partial charge in [-0.05, 0) is 47.8 Å². The third-order valence-corrected chi connectivity index (χ3v) is 3.53. The number of rotatable bonds is 2. The van der Waals surface area contributed by atoms with E-state index in [9.17, 15) is 0 Å². The average Bonchev–Trinajstić information content (AvgIpc) is 2.59. The molecule has 0 aromatic heterocycles. The van der Waals surface area contributed by atoms with Crippen LogP contribution in [0.15, 0.2) is 18.2 Å². The molecule has 0 N–H and O–H groups in total. The van der Waals surface area contributed by atoms with E-state index in [4.69, 9.17) is 0 Å². The molecule has 0 nitrogen and oxygen atoms in total. The van der Waals surface area contributed by atoms with Crippen LogP contribution in [0.1, 0.15) is 62.1 Å². The zero-order valence-electron chi connectivity index (χ0n) is 9.51. The van der Waals surface area contributed by atoms with Gasteiger partial charge in [0.05, 0.1) is 0 Å². The van der Waals surface area contributed by atoms with E-state index < -0.39 is 0 Å². The Morgan fingerprint density at radius 1 is 1.36 bits per heavy atom. The van der Waals surface area contributed by atoms with E-state index in [1.165, 1.54) is 24.8 Å². The van der Waals surface area contributed by atoms with Crippen molar-refractivity contribution in [3.63, 3.8) is 0 Å². The number of aryl methyl sites for hydroxylation is 1. The van der Waals surface area contributed by atoms with Crippen molar-refractivity contribution in [2.45, 2.75) is 51.9 Å². The summed E-state index contributed by atoms with van der Waals surface area (Å²) in [6, 6.07) is 7.11. The van der Waals surface area contributed by atoms with Gasteiger partial charge in [-0.1, -0.05) is 39.0 Å². The summed E-state index contributed by atoms with van der Waals surface area (Å²) in [5.74, 6) is 1.51. The van der Waals surface area contributed by atoms with Crippen LogP contribution in [0.25, 0.3) is 0 Å². The fraction of sp³-hybridized carbons (Fsp3) is 0.571. The van der Waals surface area contributed by atoms with Gasteiger partial charge in [0.15, 0.2) is 0 Å². The Hall–Kier alpha value is -0.780. The van der Waals surface area contributed by atoms with E-state index in [2.05, 4.69) is 39.0 Å². The van der Waals surface area contributed by atoms with Gasteiger partial charge in [0.1, 0.15) is 0 Å². The normalized spacial score (nSPS) is 20.1. The molecule has 1 atom stereocenters. The number of hydrogen-bond donors (Lipinski definition) is 0. The smallest absolute Gasteiger partial charge is 0.0159 e. The Balaban J connectivity index is 2.34. The monoisotopic (exact) mass is 188 g/mol. The lowest BCUT2D eigenvalue weighted by atomic mass is 9.95. The van der Waals surface area contributed by atoms with Gasteiger partial charge in [-0.15, -0.1) is 0 Å². The molecule has 0 heteroatoms. The van der Waals surface area contributed by atoms with Crippen molar-refractivity contribution in [1.82, 2.24) is 0 Å². The fourth-order valence-corrected chi connectivity index (χ4v) is 2.51. The minimum atomic E-state index is 0.668. The summed E-state index contributed by atoms with van der Waals surface area (Å²) in [5, 5.41) is 0. The molecular weight excluding hydrogens is 168 g/mol. The Labute approximate surface area is 87.3 Å². The Morgan fingerprint density at radius 3 is 2.79 bits per heavy atom. The predicted molar refractivity (Wildman–Crippen MR) is 61.9 cm³/mol. The van der Waals surface area contributed by atoms with Gasteiger partial charge in [0.2, 0.25) is 0 Å². The molecular formula is C14H20. The van der Waals surface area contributed by atoms with Crippen molar-refractivity contribution in [2.75, 3.05) is 0 Å². The maximum Gasteiger partial charge on any atom is -0.0159 e. The van der Waals surface area contributed by atoms with Crippen molar-refractivity contribution < 1.29 is 0 Å². The molecule has 0 heterocycles. The summed E-state index contributed by atoms with van der Waals surface area (Å²) >= 11 is 0. The number of fused-ring (bicyclic) bond motifs is 1. The van der Waals surface area contributed by atoms with Crippen LogP contribution in [-0.4, -0.2) is 0 Å². The lowest BCUT2D eigenvalue weighted by molar-refractivity contribution is 0.656. The van der Waals surface area contributed by atoms with Crippen LogP contribution < -0.4 is 0 Å². The van der Waals surface area contributed by atoms with E-state index in [1.807, 2.05) is 0 Å². The van der Waals surface area contributed by atoms with Gasteiger partial charge in [-0.3, -0.25) is 0 Å². The molecule has 14 heavy (non-hydrogen) atoms. The Bertz CT molecular complexity index is 323. The van der Waals surface area contributed by atoms with Gasteiger partial charge in [0.25, 0.3) is 0 Å². The van der Waals surface area contributed by atoms with Gasteiger partial charge < -0.3 is 0 Å². The second-order valence-electron chi connectivity index (χ2n) is 4.76. The summed E-state index contributed by atoms with van der Waals surface area (Å²) in [5.41, 5.74) is 4.74. The Kier molecular flexibility index (Phi) is 2.62. The second kappa shape index (κ2) is 3.76. The van der Waals surface area contributed by atoms with Crippen molar-refractivity contribution in [3.05, 3.63) is 34.9 Å². The zero-order chi connectivity index (χ0) is 10.1. The van der Waals surface area contributed by atoms with E-state index in [-0.39, 0.29) is 0 Å². The first kappa shape index (κ1) is 9.76. The summed E-state index contributed by atoms with van der Waals surface area (Å²) in [6.07, 6.45) is 3.97. The molecule has 0 bridgehead atoms. The highest BCUT2D eigenvalue weighted by atomic mass is 14.3. The van der Waals surface area contributed by atoms with Crippen molar-refractivity contribution in [2.24, 2.45) is 0 Å². The molecule has 0 radical (unpaired) electrons. The van der Waals surface area contributed by atoms with Crippen LogP contribution in [0.2, 0.25) is 0 Å². The summed E-state index contributed by atoms with van der Waals surface area (Å²) in [7, 11) is 0. The van der Waals surface area contributed by atoms with Crippen LogP contribution >= 0.6 is 0 Å². The lowest BCUT2D eigenvalue weighted by Crippen LogP contribution is -1.93. The Morgan fingerprint density at radius 2 is 2.14 bits per heavy atom. The van der Waals surface area contributed by atoms with Crippen LogP contribution in [0.4, 0.5) is 0 Å². The summed E-state index contributed by atoms with van der Waals surface area (Å²) in [4.78, 5) is 0. The minimum absolute atomic E-state index is 0.668. The van der Waals surface area contributed by atoms with Gasteiger partial charge >= 0.3 is 0 Å². The molecule has 0 saturated heterocycles. The molecule has 0 amide bonds. The molecule has 0 aliphatic heterocycles. The molecule has 0 spiro atoms. The first-order valence-electron chi connectivity index (χ1n) is 5.85. The van der Waals surface area contributed by atoms with Crippen LogP contribution in [-0.2, 0) is 6.42 Å². The van der Waals surface area contributed by atoms with E-state index in [1.54, 1.807) is 11.1 Å².